The van der Waals surface area contributed by atoms with Gasteiger partial charge in [0.15, 0.2) is 5.66 Å². The maximum atomic E-state index is 10.4. The van der Waals surface area contributed by atoms with Crippen LogP contribution in [0, 0.1) is 0 Å². The average Bonchev–Trinajstić information content (AvgIpc) is 1.97. The second kappa shape index (κ2) is 7.74. The maximum absolute atomic E-state index is 10.4. The van der Waals surface area contributed by atoms with Gasteiger partial charge in [-0.25, -0.2) is 4.79 Å². The molecule has 0 aliphatic rings. The van der Waals surface area contributed by atoms with E-state index in [1.165, 1.54) is 0 Å². The van der Waals surface area contributed by atoms with Crippen LogP contribution in [0.5, 0.6) is 0 Å². The molecule has 6 N–H and O–H groups in total. The van der Waals surface area contributed by atoms with Gasteiger partial charge < -0.3 is 23.1 Å². The average molecular weight is 230 g/mol. The molecule has 6 nitrogen and oxygen atoms in total. The first-order valence-corrected chi connectivity index (χ1v) is 3.89. The summed E-state index contributed by atoms with van der Waals surface area (Å²) in [7, 11) is 0. The molecule has 0 radical (unpaired) electrons. The van der Waals surface area contributed by atoms with Crippen LogP contribution in [0.2, 0.25) is 0 Å². The third-order valence-corrected chi connectivity index (χ3v) is 1.63. The van der Waals surface area contributed by atoms with Crippen LogP contribution in [0.3, 0.4) is 0 Å². The van der Waals surface area contributed by atoms with Gasteiger partial charge in [-0.15, -0.1) is 0 Å². The van der Waals surface area contributed by atoms with E-state index in [-0.39, 0.29) is 65.7 Å². The molecular weight excluding hydrogens is 215 g/mol. The molecule has 0 bridgehead atoms. The molecule has 0 atom stereocenters. The van der Waals surface area contributed by atoms with E-state index in [1.807, 2.05) is 0 Å². The fraction of sp³-hybridized carbons (Fsp3) is 0.714. The molecule has 0 aliphatic heterocycles. The molecule has 0 saturated heterocycles. The Morgan fingerprint density at radius 2 is 1.71 bits per heavy atom. The first-order valence-electron chi connectivity index (χ1n) is 3.89. The Hall–Kier alpha value is 0.496. The molecule has 0 aromatic rings. The number of aliphatic carboxylic acids is 2. The molecule has 0 unspecified atom stereocenters. The van der Waals surface area contributed by atoms with Crippen LogP contribution < -0.4 is 62.9 Å². The number of hydrogen-bond acceptors (Lipinski definition) is 4. The van der Waals surface area contributed by atoms with Gasteiger partial charge in [-0.1, -0.05) is 0 Å². The molecule has 78 valence electrons. The van der Waals surface area contributed by atoms with Crippen molar-refractivity contribution in [3.8, 4) is 0 Å². The summed E-state index contributed by atoms with van der Waals surface area (Å²) in [6, 6.07) is 0. The van der Waals surface area contributed by atoms with Gasteiger partial charge in [-0.3, -0.25) is 4.79 Å². The predicted octanol–water partition coefficient (Wildman–Crippen LogP) is -3.55. The summed E-state index contributed by atoms with van der Waals surface area (Å²) in [6.45, 7) is 0. The van der Waals surface area contributed by atoms with Crippen molar-refractivity contribution in [2.45, 2.75) is 31.3 Å². The third kappa shape index (κ3) is 7.86. The van der Waals surface area contributed by atoms with Gasteiger partial charge >= 0.3 is 63.3 Å². The SMILES string of the molecule is NC(N)(CCCCC(=O)O)C(=O)O.[H-].[K+]. The van der Waals surface area contributed by atoms with E-state index in [0.29, 0.717) is 12.8 Å². The summed E-state index contributed by atoms with van der Waals surface area (Å²) in [5.41, 5.74) is 8.68. The van der Waals surface area contributed by atoms with E-state index in [4.69, 9.17) is 21.7 Å². The number of nitrogens with two attached hydrogens (primary N) is 2. The largest absolute Gasteiger partial charge is 1.00 e. The van der Waals surface area contributed by atoms with Crippen molar-refractivity contribution < 1.29 is 72.6 Å². The normalized spacial score (nSPS) is 10.4. The molecular formula is C7H15KN2O4. The summed E-state index contributed by atoms with van der Waals surface area (Å²) >= 11 is 0. The Labute approximate surface area is 126 Å². The molecule has 0 rings (SSSR count). The van der Waals surface area contributed by atoms with E-state index in [1.54, 1.807) is 0 Å². The van der Waals surface area contributed by atoms with E-state index < -0.39 is 17.6 Å². The van der Waals surface area contributed by atoms with Gasteiger partial charge in [0.05, 0.1) is 0 Å². The number of unbranched alkanes of at least 4 members (excludes halogenated alkanes) is 1. The Morgan fingerprint density at radius 3 is 2.07 bits per heavy atom. The van der Waals surface area contributed by atoms with Gasteiger partial charge in [0.25, 0.3) is 0 Å². The molecule has 0 aliphatic carbocycles. The standard InChI is InChI=1S/C7H14N2O4.K.H/c8-7(9,6(12)13)4-2-1-3-5(10)11;;/h1-4,8-9H2,(H,10,11)(H,12,13);;/q;+1;-1. The summed E-state index contributed by atoms with van der Waals surface area (Å²) in [6.07, 6.45) is 0.871. The van der Waals surface area contributed by atoms with E-state index in [0.717, 1.165) is 0 Å². The molecule has 0 aromatic heterocycles. The van der Waals surface area contributed by atoms with Gasteiger partial charge in [0.2, 0.25) is 0 Å². The van der Waals surface area contributed by atoms with Crippen molar-refractivity contribution in [3.63, 3.8) is 0 Å². The first kappa shape index (κ1) is 16.9. The zero-order valence-corrected chi connectivity index (χ0v) is 11.3. The first-order chi connectivity index (χ1) is 5.86. The van der Waals surface area contributed by atoms with Crippen LogP contribution in [-0.2, 0) is 9.59 Å². The van der Waals surface area contributed by atoms with Gasteiger partial charge in [-0.05, 0) is 19.3 Å². The van der Waals surface area contributed by atoms with Gasteiger partial charge in [-0.2, -0.15) is 0 Å². The number of rotatable bonds is 6. The van der Waals surface area contributed by atoms with Crippen molar-refractivity contribution in [1.82, 2.24) is 0 Å². The molecule has 7 heteroatoms. The second-order valence-electron chi connectivity index (χ2n) is 2.95. The topological polar surface area (TPSA) is 127 Å². The number of carboxylic acids is 2. The number of carboxylic acid groups (broad SMARTS) is 2. The Kier molecular flexibility index (Phi) is 9.35. The van der Waals surface area contributed by atoms with Crippen molar-refractivity contribution in [2.75, 3.05) is 0 Å². The Balaban J connectivity index is -0.000000720. The van der Waals surface area contributed by atoms with Crippen molar-refractivity contribution in [3.05, 3.63) is 0 Å². The van der Waals surface area contributed by atoms with Crippen molar-refractivity contribution in [2.24, 2.45) is 11.5 Å². The summed E-state index contributed by atoms with van der Waals surface area (Å²) in [4.78, 5) is 20.5. The van der Waals surface area contributed by atoms with Crippen LogP contribution in [-0.4, -0.2) is 27.8 Å². The monoisotopic (exact) mass is 230 g/mol. The van der Waals surface area contributed by atoms with Crippen molar-refractivity contribution >= 4 is 11.9 Å². The second-order valence-corrected chi connectivity index (χ2v) is 2.95. The molecule has 0 aromatic carbocycles. The van der Waals surface area contributed by atoms with Crippen LogP contribution in [0.25, 0.3) is 0 Å². The van der Waals surface area contributed by atoms with E-state index in [9.17, 15) is 9.59 Å². The predicted molar refractivity (Wildman–Crippen MR) is 46.0 cm³/mol. The van der Waals surface area contributed by atoms with Crippen LogP contribution in [0.15, 0.2) is 0 Å². The Morgan fingerprint density at radius 1 is 1.21 bits per heavy atom. The summed E-state index contributed by atoms with van der Waals surface area (Å²) < 4.78 is 0. The molecule has 0 saturated carbocycles. The van der Waals surface area contributed by atoms with Crippen LogP contribution in [0.1, 0.15) is 27.1 Å². The minimum Gasteiger partial charge on any atom is -1.00 e. The van der Waals surface area contributed by atoms with Crippen LogP contribution >= 0.6 is 0 Å². The maximum Gasteiger partial charge on any atom is 1.00 e. The fourth-order valence-corrected chi connectivity index (χ4v) is 0.801. The molecule has 0 fully saturated rings. The molecule has 0 amide bonds. The zero-order valence-electron chi connectivity index (χ0n) is 9.19. The van der Waals surface area contributed by atoms with E-state index >= 15 is 0 Å². The minimum absolute atomic E-state index is 0. The van der Waals surface area contributed by atoms with Gasteiger partial charge in [0, 0.05) is 6.42 Å². The fourth-order valence-electron chi connectivity index (χ4n) is 0.801. The molecule has 14 heavy (non-hydrogen) atoms. The van der Waals surface area contributed by atoms with Crippen molar-refractivity contribution in [1.29, 1.82) is 0 Å². The summed E-state index contributed by atoms with van der Waals surface area (Å²) in [5.74, 6) is -2.18. The number of hydrogen-bond donors (Lipinski definition) is 4. The van der Waals surface area contributed by atoms with Gasteiger partial charge in [0.1, 0.15) is 0 Å². The zero-order chi connectivity index (χ0) is 10.5. The molecule has 0 heterocycles. The minimum atomic E-state index is -1.74. The smallest absolute Gasteiger partial charge is 1.00 e. The number of carbonyl (C=O) groups is 2. The quantitative estimate of drug-likeness (QED) is 0.212. The van der Waals surface area contributed by atoms with Crippen LogP contribution in [0.4, 0.5) is 0 Å². The summed E-state index contributed by atoms with van der Waals surface area (Å²) in [5, 5.41) is 16.8. The van der Waals surface area contributed by atoms with E-state index in [2.05, 4.69) is 0 Å². The Bertz CT molecular complexity index is 213. The third-order valence-electron chi connectivity index (χ3n) is 1.63. The molecule has 0 spiro atoms.